The van der Waals surface area contributed by atoms with E-state index in [-0.39, 0.29) is 24.3 Å². The smallest absolute Gasteiger partial charge is 0.303 e. The number of hydrogen-bond donors (Lipinski definition) is 3. The highest BCUT2D eigenvalue weighted by Gasteiger charge is 2.16. The van der Waals surface area contributed by atoms with Crippen molar-refractivity contribution in [3.8, 4) is 0 Å². The largest absolute Gasteiger partial charge is 0.481 e. The Morgan fingerprint density at radius 2 is 1.96 bits per heavy atom. The molecule has 1 atom stereocenters. The Morgan fingerprint density at radius 3 is 2.69 bits per heavy atom. The number of carbonyl (C=O) groups is 3. The van der Waals surface area contributed by atoms with Gasteiger partial charge in [-0.25, -0.2) is 0 Å². The van der Waals surface area contributed by atoms with Crippen LogP contribution < -0.4 is 10.6 Å². The van der Waals surface area contributed by atoms with Crippen LogP contribution in [0.4, 0.5) is 0 Å². The molecule has 0 aliphatic carbocycles. The third-order valence-electron chi connectivity index (χ3n) is 4.24. The van der Waals surface area contributed by atoms with E-state index in [0.29, 0.717) is 37.9 Å². The van der Waals surface area contributed by atoms with Crippen LogP contribution >= 0.6 is 0 Å². The minimum absolute atomic E-state index is 0.0797. The number of carboxylic acids is 1. The highest BCUT2D eigenvalue weighted by Crippen LogP contribution is 2.11. The SMILES string of the molecule is O=C(O)CCCCC(=O)NCc1cccc(C(=O)NCC2CCCO2)c1. The highest BCUT2D eigenvalue weighted by molar-refractivity contribution is 5.94. The van der Waals surface area contributed by atoms with Crippen LogP contribution in [0.25, 0.3) is 0 Å². The lowest BCUT2D eigenvalue weighted by Crippen LogP contribution is -2.31. The van der Waals surface area contributed by atoms with Crippen molar-refractivity contribution in [1.29, 1.82) is 0 Å². The summed E-state index contributed by atoms with van der Waals surface area (Å²) < 4.78 is 5.49. The zero-order valence-corrected chi connectivity index (χ0v) is 14.8. The van der Waals surface area contributed by atoms with Crippen LogP contribution in [-0.4, -0.2) is 42.1 Å². The molecule has 7 heteroatoms. The van der Waals surface area contributed by atoms with Gasteiger partial charge < -0.3 is 20.5 Å². The number of amides is 2. The molecule has 142 valence electrons. The molecule has 1 aromatic rings. The number of carboxylic acid groups (broad SMARTS) is 1. The first-order valence-electron chi connectivity index (χ1n) is 9.02. The average Bonchev–Trinajstić information content (AvgIpc) is 3.15. The molecule has 1 saturated heterocycles. The number of carbonyl (C=O) groups excluding carboxylic acids is 2. The number of ether oxygens (including phenoxy) is 1. The van der Waals surface area contributed by atoms with Gasteiger partial charge in [-0.3, -0.25) is 14.4 Å². The molecule has 1 fully saturated rings. The van der Waals surface area contributed by atoms with Gasteiger partial charge in [0, 0.05) is 38.1 Å². The molecule has 7 nitrogen and oxygen atoms in total. The predicted molar refractivity (Wildman–Crippen MR) is 95.7 cm³/mol. The van der Waals surface area contributed by atoms with Crippen molar-refractivity contribution < 1.29 is 24.2 Å². The highest BCUT2D eigenvalue weighted by atomic mass is 16.5. The second-order valence-electron chi connectivity index (χ2n) is 6.42. The van der Waals surface area contributed by atoms with Crippen LogP contribution in [0.15, 0.2) is 24.3 Å². The molecule has 2 rings (SSSR count). The summed E-state index contributed by atoms with van der Waals surface area (Å²) in [7, 11) is 0. The van der Waals surface area contributed by atoms with Gasteiger partial charge >= 0.3 is 5.97 Å². The van der Waals surface area contributed by atoms with Gasteiger partial charge in [-0.15, -0.1) is 0 Å². The second-order valence-corrected chi connectivity index (χ2v) is 6.42. The van der Waals surface area contributed by atoms with Gasteiger partial charge in [0.15, 0.2) is 0 Å². The summed E-state index contributed by atoms with van der Waals surface area (Å²) in [6.07, 6.45) is 3.52. The third kappa shape index (κ3) is 7.23. The van der Waals surface area contributed by atoms with Crippen molar-refractivity contribution in [3.63, 3.8) is 0 Å². The van der Waals surface area contributed by atoms with Crippen molar-refractivity contribution in [2.24, 2.45) is 0 Å². The van der Waals surface area contributed by atoms with E-state index in [2.05, 4.69) is 10.6 Å². The zero-order chi connectivity index (χ0) is 18.8. The first-order chi connectivity index (χ1) is 12.5. The topological polar surface area (TPSA) is 105 Å². The van der Waals surface area contributed by atoms with E-state index in [1.807, 2.05) is 6.07 Å². The lowest BCUT2D eigenvalue weighted by molar-refractivity contribution is -0.137. The number of benzene rings is 1. The molecule has 1 aliphatic rings. The lowest BCUT2D eigenvalue weighted by Gasteiger charge is -2.11. The maximum Gasteiger partial charge on any atom is 0.303 e. The fourth-order valence-electron chi connectivity index (χ4n) is 2.79. The van der Waals surface area contributed by atoms with Gasteiger partial charge in [-0.2, -0.15) is 0 Å². The Kier molecular flexibility index (Phi) is 8.08. The summed E-state index contributed by atoms with van der Waals surface area (Å²) >= 11 is 0. The van der Waals surface area contributed by atoms with Crippen molar-refractivity contribution in [3.05, 3.63) is 35.4 Å². The Labute approximate surface area is 153 Å². The van der Waals surface area contributed by atoms with Gasteiger partial charge in [-0.05, 0) is 43.4 Å². The first-order valence-corrected chi connectivity index (χ1v) is 9.02. The quantitative estimate of drug-likeness (QED) is 0.551. The number of unbranched alkanes of at least 4 members (excludes halogenated alkanes) is 1. The number of aliphatic carboxylic acids is 1. The zero-order valence-electron chi connectivity index (χ0n) is 14.8. The minimum Gasteiger partial charge on any atom is -0.481 e. The minimum atomic E-state index is -0.847. The van der Waals surface area contributed by atoms with Gasteiger partial charge in [0.25, 0.3) is 5.91 Å². The molecular weight excluding hydrogens is 336 g/mol. The fourth-order valence-corrected chi connectivity index (χ4v) is 2.79. The molecule has 0 radical (unpaired) electrons. The molecule has 1 aliphatic heterocycles. The first kappa shape index (κ1) is 19.9. The average molecular weight is 362 g/mol. The standard InChI is InChI=1S/C19H26N2O5/c22-17(8-1-2-9-18(23)24)20-12-14-5-3-6-15(11-14)19(25)21-13-16-7-4-10-26-16/h3,5-6,11,16H,1-2,4,7-10,12-13H2,(H,20,22)(H,21,25)(H,23,24). The Morgan fingerprint density at radius 1 is 1.15 bits per heavy atom. The summed E-state index contributed by atoms with van der Waals surface area (Å²) in [4.78, 5) is 34.4. The van der Waals surface area contributed by atoms with Crippen LogP contribution in [-0.2, 0) is 20.9 Å². The number of hydrogen-bond acceptors (Lipinski definition) is 4. The van der Waals surface area contributed by atoms with Gasteiger partial charge in [-0.1, -0.05) is 12.1 Å². The molecule has 0 spiro atoms. The van der Waals surface area contributed by atoms with E-state index < -0.39 is 5.97 Å². The van der Waals surface area contributed by atoms with E-state index in [9.17, 15) is 14.4 Å². The molecule has 3 N–H and O–H groups in total. The van der Waals surface area contributed by atoms with E-state index in [0.717, 1.165) is 25.0 Å². The predicted octanol–water partition coefficient (Wildman–Crippen LogP) is 1.86. The van der Waals surface area contributed by atoms with Crippen LogP contribution in [0, 0.1) is 0 Å². The van der Waals surface area contributed by atoms with Crippen molar-refractivity contribution in [2.45, 2.75) is 51.2 Å². The molecule has 1 aromatic carbocycles. The third-order valence-corrected chi connectivity index (χ3v) is 4.24. The molecule has 0 saturated carbocycles. The summed E-state index contributed by atoms with van der Waals surface area (Å²) in [6.45, 7) is 1.60. The Balaban J connectivity index is 1.72. The van der Waals surface area contributed by atoms with E-state index in [1.54, 1.807) is 18.2 Å². The maximum atomic E-state index is 12.2. The van der Waals surface area contributed by atoms with Gasteiger partial charge in [0.2, 0.25) is 5.91 Å². The molecule has 0 aromatic heterocycles. The lowest BCUT2D eigenvalue weighted by atomic mass is 10.1. The van der Waals surface area contributed by atoms with Crippen LogP contribution in [0.5, 0.6) is 0 Å². The number of nitrogens with one attached hydrogen (secondary N) is 2. The Hall–Kier alpha value is -2.41. The second kappa shape index (κ2) is 10.6. The molecule has 0 bridgehead atoms. The number of rotatable bonds is 10. The molecule has 1 heterocycles. The monoisotopic (exact) mass is 362 g/mol. The molecule has 1 unspecified atom stereocenters. The maximum absolute atomic E-state index is 12.2. The summed E-state index contributed by atoms with van der Waals surface area (Å²) in [5, 5.41) is 14.2. The van der Waals surface area contributed by atoms with Crippen LogP contribution in [0.3, 0.4) is 0 Å². The Bertz CT molecular complexity index is 626. The fraction of sp³-hybridized carbons (Fsp3) is 0.526. The summed E-state index contributed by atoms with van der Waals surface area (Å²) in [5.41, 5.74) is 1.39. The van der Waals surface area contributed by atoms with Crippen LogP contribution in [0.1, 0.15) is 54.4 Å². The van der Waals surface area contributed by atoms with Gasteiger partial charge in [0.1, 0.15) is 0 Å². The van der Waals surface area contributed by atoms with Crippen molar-refractivity contribution in [2.75, 3.05) is 13.2 Å². The normalized spacial score (nSPS) is 16.2. The van der Waals surface area contributed by atoms with E-state index in [4.69, 9.17) is 9.84 Å². The summed E-state index contributed by atoms with van der Waals surface area (Å²) in [6, 6.07) is 7.13. The van der Waals surface area contributed by atoms with Crippen molar-refractivity contribution >= 4 is 17.8 Å². The van der Waals surface area contributed by atoms with Gasteiger partial charge in [0.05, 0.1) is 6.10 Å². The molecule has 2 amide bonds. The summed E-state index contributed by atoms with van der Waals surface area (Å²) in [5.74, 6) is -1.12. The van der Waals surface area contributed by atoms with Crippen molar-refractivity contribution in [1.82, 2.24) is 10.6 Å². The van der Waals surface area contributed by atoms with E-state index >= 15 is 0 Å². The molecular formula is C19H26N2O5. The van der Waals surface area contributed by atoms with E-state index in [1.165, 1.54) is 0 Å². The molecule has 26 heavy (non-hydrogen) atoms. The van der Waals surface area contributed by atoms with Crippen LogP contribution in [0.2, 0.25) is 0 Å².